The van der Waals surface area contributed by atoms with E-state index in [1.54, 1.807) is 11.3 Å². The van der Waals surface area contributed by atoms with Crippen molar-refractivity contribution in [2.24, 2.45) is 11.8 Å². The molecular formula is C23H28N2O2S. The van der Waals surface area contributed by atoms with Crippen LogP contribution in [0.4, 0.5) is 0 Å². The normalized spacial score (nSPS) is 22.1. The maximum absolute atomic E-state index is 13.4. The topological polar surface area (TPSA) is 49.4 Å². The molecule has 5 heteroatoms. The third kappa shape index (κ3) is 3.60. The highest BCUT2D eigenvalue weighted by Crippen LogP contribution is 2.44. The molecule has 0 unspecified atom stereocenters. The van der Waals surface area contributed by atoms with Crippen molar-refractivity contribution < 1.29 is 9.59 Å². The van der Waals surface area contributed by atoms with Crippen LogP contribution in [0.15, 0.2) is 41.8 Å². The molecule has 1 aliphatic heterocycles. The van der Waals surface area contributed by atoms with Crippen LogP contribution in [0.1, 0.15) is 65.9 Å². The molecule has 148 valence electrons. The van der Waals surface area contributed by atoms with Crippen LogP contribution in [0.2, 0.25) is 0 Å². The first-order chi connectivity index (χ1) is 13.6. The first-order valence-corrected chi connectivity index (χ1v) is 11.1. The Bertz CT molecular complexity index is 842. The minimum Gasteiger partial charge on any atom is -0.355 e. The lowest BCUT2D eigenvalue weighted by Crippen LogP contribution is -2.49. The second-order valence-electron chi connectivity index (χ2n) is 8.42. The Morgan fingerprint density at radius 2 is 2.00 bits per heavy atom. The van der Waals surface area contributed by atoms with Gasteiger partial charge in [-0.1, -0.05) is 44.5 Å². The lowest BCUT2D eigenvalue weighted by atomic mass is 9.80. The highest BCUT2D eigenvalue weighted by atomic mass is 32.1. The summed E-state index contributed by atoms with van der Waals surface area (Å²) in [5, 5.41) is 5.23. The summed E-state index contributed by atoms with van der Waals surface area (Å²) in [4.78, 5) is 29.8. The van der Waals surface area contributed by atoms with Gasteiger partial charge in [0.1, 0.15) is 0 Å². The van der Waals surface area contributed by atoms with Crippen molar-refractivity contribution in [2.75, 3.05) is 13.1 Å². The SMILES string of the molecule is CC(C)CN1C(=O)c2ccccc2[C@@H](C(=O)NCC2CCC2)[C@@H]1c1cccs1. The van der Waals surface area contributed by atoms with E-state index in [0.717, 1.165) is 17.0 Å². The first-order valence-electron chi connectivity index (χ1n) is 10.3. The predicted molar refractivity (Wildman–Crippen MR) is 112 cm³/mol. The van der Waals surface area contributed by atoms with Gasteiger partial charge in [-0.25, -0.2) is 0 Å². The number of thiophene rings is 1. The van der Waals surface area contributed by atoms with Crippen molar-refractivity contribution in [3.05, 3.63) is 57.8 Å². The van der Waals surface area contributed by atoms with Crippen molar-refractivity contribution in [1.82, 2.24) is 10.2 Å². The maximum atomic E-state index is 13.4. The van der Waals surface area contributed by atoms with E-state index >= 15 is 0 Å². The third-order valence-corrected chi connectivity index (χ3v) is 6.85. The highest BCUT2D eigenvalue weighted by molar-refractivity contribution is 7.10. The Balaban J connectivity index is 1.74. The maximum Gasteiger partial charge on any atom is 0.254 e. The van der Waals surface area contributed by atoms with Crippen molar-refractivity contribution in [1.29, 1.82) is 0 Å². The largest absolute Gasteiger partial charge is 0.355 e. The van der Waals surface area contributed by atoms with Gasteiger partial charge in [-0.3, -0.25) is 9.59 Å². The minimum absolute atomic E-state index is 0.0331. The van der Waals surface area contributed by atoms with Gasteiger partial charge in [0.2, 0.25) is 5.91 Å². The Labute approximate surface area is 170 Å². The van der Waals surface area contributed by atoms with Crippen molar-refractivity contribution in [3.63, 3.8) is 0 Å². The molecule has 0 spiro atoms. The van der Waals surface area contributed by atoms with Crippen LogP contribution in [-0.4, -0.2) is 29.8 Å². The van der Waals surface area contributed by atoms with E-state index in [-0.39, 0.29) is 23.8 Å². The number of nitrogens with one attached hydrogen (secondary N) is 1. The van der Waals surface area contributed by atoms with Crippen LogP contribution in [0.25, 0.3) is 0 Å². The number of amides is 2. The molecule has 4 nitrogen and oxygen atoms in total. The molecule has 0 saturated heterocycles. The Kier molecular flexibility index (Phi) is 5.54. The van der Waals surface area contributed by atoms with Crippen LogP contribution in [0.3, 0.4) is 0 Å². The first kappa shape index (κ1) is 19.2. The zero-order chi connectivity index (χ0) is 19.7. The monoisotopic (exact) mass is 396 g/mol. The zero-order valence-corrected chi connectivity index (χ0v) is 17.4. The molecule has 0 radical (unpaired) electrons. The summed E-state index contributed by atoms with van der Waals surface area (Å²) in [5.41, 5.74) is 1.52. The molecule has 0 bridgehead atoms. The summed E-state index contributed by atoms with van der Waals surface area (Å²) >= 11 is 1.62. The fourth-order valence-corrected chi connectivity index (χ4v) is 5.17. The Morgan fingerprint density at radius 3 is 2.64 bits per heavy atom. The molecule has 1 aromatic carbocycles. The van der Waals surface area contributed by atoms with Gasteiger partial charge in [0.15, 0.2) is 0 Å². The van der Waals surface area contributed by atoms with Gasteiger partial charge in [-0.05, 0) is 47.8 Å². The van der Waals surface area contributed by atoms with Crippen LogP contribution < -0.4 is 5.32 Å². The summed E-state index contributed by atoms with van der Waals surface area (Å²) in [6, 6.07) is 11.4. The third-order valence-electron chi connectivity index (χ3n) is 5.91. The Hall–Kier alpha value is -2.14. The average molecular weight is 397 g/mol. The van der Waals surface area contributed by atoms with E-state index in [1.165, 1.54) is 19.3 Å². The number of carbonyl (C=O) groups is 2. The second kappa shape index (κ2) is 8.08. The smallest absolute Gasteiger partial charge is 0.254 e. The fourth-order valence-electron chi connectivity index (χ4n) is 4.30. The van der Waals surface area contributed by atoms with Gasteiger partial charge < -0.3 is 10.2 Å². The second-order valence-corrected chi connectivity index (χ2v) is 9.40. The van der Waals surface area contributed by atoms with E-state index in [0.29, 0.717) is 23.9 Å². The molecule has 1 aromatic heterocycles. The van der Waals surface area contributed by atoms with Gasteiger partial charge in [-0.15, -0.1) is 11.3 Å². The molecule has 4 rings (SSSR count). The van der Waals surface area contributed by atoms with E-state index in [2.05, 4.69) is 25.2 Å². The lowest BCUT2D eigenvalue weighted by molar-refractivity contribution is -0.124. The number of nitrogens with zero attached hydrogens (tertiary/aromatic N) is 1. The molecule has 2 aromatic rings. The molecule has 2 aliphatic rings. The summed E-state index contributed by atoms with van der Waals surface area (Å²) in [5.74, 6) is 0.642. The lowest BCUT2D eigenvalue weighted by Gasteiger charge is -2.42. The quantitative estimate of drug-likeness (QED) is 0.776. The van der Waals surface area contributed by atoms with Gasteiger partial charge in [0.05, 0.1) is 12.0 Å². The predicted octanol–water partition coefficient (Wildman–Crippen LogP) is 4.60. The molecule has 1 N–H and O–H groups in total. The fraction of sp³-hybridized carbons (Fsp3) is 0.478. The average Bonchev–Trinajstić information content (AvgIpc) is 3.16. The van der Waals surface area contributed by atoms with E-state index in [9.17, 15) is 9.59 Å². The van der Waals surface area contributed by atoms with E-state index < -0.39 is 0 Å². The molecule has 2 heterocycles. The number of fused-ring (bicyclic) bond motifs is 1. The van der Waals surface area contributed by atoms with Crippen LogP contribution in [0, 0.1) is 11.8 Å². The van der Waals surface area contributed by atoms with Crippen LogP contribution >= 0.6 is 11.3 Å². The molecule has 1 aliphatic carbocycles. The van der Waals surface area contributed by atoms with Gasteiger partial charge in [-0.2, -0.15) is 0 Å². The molecular weight excluding hydrogens is 368 g/mol. The van der Waals surface area contributed by atoms with E-state index in [4.69, 9.17) is 0 Å². The molecule has 2 amide bonds. The van der Waals surface area contributed by atoms with Gasteiger partial charge in [0, 0.05) is 23.5 Å². The Morgan fingerprint density at radius 1 is 1.21 bits per heavy atom. The molecule has 28 heavy (non-hydrogen) atoms. The number of hydrogen-bond donors (Lipinski definition) is 1. The zero-order valence-electron chi connectivity index (χ0n) is 16.6. The van der Waals surface area contributed by atoms with Crippen LogP contribution in [-0.2, 0) is 4.79 Å². The molecule has 1 fully saturated rings. The summed E-state index contributed by atoms with van der Waals surface area (Å²) in [6.45, 7) is 5.62. The number of rotatable bonds is 6. The molecule has 1 saturated carbocycles. The van der Waals surface area contributed by atoms with Crippen molar-refractivity contribution in [2.45, 2.75) is 45.1 Å². The molecule has 2 atom stereocenters. The van der Waals surface area contributed by atoms with E-state index in [1.807, 2.05) is 40.6 Å². The van der Waals surface area contributed by atoms with Crippen molar-refractivity contribution >= 4 is 23.2 Å². The summed E-state index contributed by atoms with van der Waals surface area (Å²) < 4.78 is 0. The van der Waals surface area contributed by atoms with Gasteiger partial charge >= 0.3 is 0 Å². The number of benzene rings is 1. The highest BCUT2D eigenvalue weighted by Gasteiger charge is 2.44. The number of carbonyl (C=O) groups excluding carboxylic acids is 2. The van der Waals surface area contributed by atoms with Gasteiger partial charge in [0.25, 0.3) is 5.91 Å². The van der Waals surface area contributed by atoms with Crippen LogP contribution in [0.5, 0.6) is 0 Å². The summed E-state index contributed by atoms with van der Waals surface area (Å²) in [6.07, 6.45) is 3.67. The summed E-state index contributed by atoms with van der Waals surface area (Å²) in [7, 11) is 0. The standard InChI is InChI=1S/C23H28N2O2S/c1-15(2)14-25-21(19-11-6-12-28-19)20(22(26)24-13-16-7-5-8-16)17-9-3-4-10-18(17)23(25)27/h3-4,6,9-12,15-16,20-21H,5,7-8,13-14H2,1-2H3,(H,24,26)/t20-,21+/m1/s1. The minimum atomic E-state index is -0.369. The number of hydrogen-bond acceptors (Lipinski definition) is 3. The van der Waals surface area contributed by atoms with Crippen molar-refractivity contribution in [3.8, 4) is 0 Å².